The molecular weight excluding hydrogens is 106 g/mol. The second kappa shape index (κ2) is 1.74. The predicted molar refractivity (Wildman–Crippen MR) is 27.3 cm³/mol. The van der Waals surface area contributed by atoms with E-state index in [4.69, 9.17) is 5.21 Å². The second-order valence-corrected chi connectivity index (χ2v) is 2.13. The third kappa shape index (κ3) is 0.690. The van der Waals surface area contributed by atoms with Gasteiger partial charge in [0.05, 0.1) is 6.04 Å². The number of carbonyl (C=O) groups is 1. The van der Waals surface area contributed by atoms with Crippen molar-refractivity contribution in [3.05, 3.63) is 0 Å². The highest BCUT2D eigenvalue weighted by atomic mass is 16.5. The molecule has 3 heteroatoms. The van der Waals surface area contributed by atoms with Crippen molar-refractivity contribution in [2.24, 2.45) is 0 Å². The number of rotatable bonds is 0. The quantitative estimate of drug-likeness (QED) is 0.464. The number of nitrogens with zero attached hydrogens (tertiary/aromatic N) is 1. The van der Waals surface area contributed by atoms with Crippen LogP contribution >= 0.6 is 0 Å². The van der Waals surface area contributed by atoms with E-state index in [2.05, 4.69) is 0 Å². The van der Waals surface area contributed by atoms with Crippen molar-refractivity contribution in [1.29, 1.82) is 0 Å². The zero-order chi connectivity index (χ0) is 6.15. The SMILES string of the molecule is C[C@H]1CCC(=O)N1O. The van der Waals surface area contributed by atoms with E-state index in [-0.39, 0.29) is 11.9 Å². The first kappa shape index (κ1) is 5.56. The topological polar surface area (TPSA) is 40.5 Å². The van der Waals surface area contributed by atoms with Crippen molar-refractivity contribution in [3.63, 3.8) is 0 Å². The summed E-state index contributed by atoms with van der Waals surface area (Å²) in [4.78, 5) is 10.5. The Morgan fingerprint density at radius 1 is 1.88 bits per heavy atom. The Labute approximate surface area is 47.9 Å². The fourth-order valence-electron chi connectivity index (χ4n) is 0.815. The maximum absolute atomic E-state index is 10.5. The van der Waals surface area contributed by atoms with Gasteiger partial charge in [-0.25, -0.2) is 5.06 Å². The monoisotopic (exact) mass is 115 g/mol. The number of hydrogen-bond donors (Lipinski definition) is 1. The average Bonchev–Trinajstić information content (AvgIpc) is 1.98. The van der Waals surface area contributed by atoms with Gasteiger partial charge in [0, 0.05) is 6.42 Å². The van der Waals surface area contributed by atoms with Crippen LogP contribution < -0.4 is 0 Å². The van der Waals surface area contributed by atoms with E-state index in [1.54, 1.807) is 0 Å². The molecule has 46 valence electrons. The van der Waals surface area contributed by atoms with Crippen LogP contribution in [0.5, 0.6) is 0 Å². The molecule has 1 atom stereocenters. The van der Waals surface area contributed by atoms with E-state index in [1.165, 1.54) is 0 Å². The molecule has 1 rings (SSSR count). The van der Waals surface area contributed by atoms with Crippen LogP contribution in [0, 0.1) is 0 Å². The van der Waals surface area contributed by atoms with Crippen LogP contribution in [-0.4, -0.2) is 22.2 Å². The smallest absolute Gasteiger partial charge is 0.246 e. The Kier molecular flexibility index (Phi) is 1.21. The third-order valence-electron chi connectivity index (χ3n) is 1.45. The van der Waals surface area contributed by atoms with Crippen molar-refractivity contribution in [1.82, 2.24) is 5.06 Å². The molecule has 0 spiro atoms. The normalized spacial score (nSPS) is 29.5. The highest BCUT2D eigenvalue weighted by molar-refractivity contribution is 5.77. The number of carbonyl (C=O) groups excluding carboxylic acids is 1. The molecule has 8 heavy (non-hydrogen) atoms. The summed E-state index contributed by atoms with van der Waals surface area (Å²) in [5, 5.41) is 9.56. The minimum Gasteiger partial charge on any atom is -0.286 e. The number of amides is 1. The fourth-order valence-corrected chi connectivity index (χ4v) is 0.815. The summed E-state index contributed by atoms with van der Waals surface area (Å²) in [5.74, 6) is -0.155. The summed E-state index contributed by atoms with van der Waals surface area (Å²) < 4.78 is 0. The van der Waals surface area contributed by atoms with Crippen LogP contribution in [0.2, 0.25) is 0 Å². The highest BCUT2D eigenvalue weighted by Crippen LogP contribution is 2.14. The van der Waals surface area contributed by atoms with Gasteiger partial charge < -0.3 is 0 Å². The van der Waals surface area contributed by atoms with Gasteiger partial charge in [-0.1, -0.05) is 0 Å². The Morgan fingerprint density at radius 3 is 2.62 bits per heavy atom. The molecular formula is C5H9NO2. The van der Waals surface area contributed by atoms with Gasteiger partial charge in [0.25, 0.3) is 0 Å². The van der Waals surface area contributed by atoms with Gasteiger partial charge in [-0.3, -0.25) is 10.0 Å². The van der Waals surface area contributed by atoms with E-state index in [1.807, 2.05) is 6.92 Å². The van der Waals surface area contributed by atoms with E-state index in [9.17, 15) is 4.79 Å². The van der Waals surface area contributed by atoms with Gasteiger partial charge >= 0.3 is 0 Å². The summed E-state index contributed by atoms with van der Waals surface area (Å²) >= 11 is 0. The first-order chi connectivity index (χ1) is 3.72. The van der Waals surface area contributed by atoms with Crippen molar-refractivity contribution in [2.75, 3.05) is 0 Å². The van der Waals surface area contributed by atoms with E-state index in [0.717, 1.165) is 11.5 Å². The molecule has 0 bridgehead atoms. The summed E-state index contributed by atoms with van der Waals surface area (Å²) in [5.41, 5.74) is 0. The highest BCUT2D eigenvalue weighted by Gasteiger charge is 2.25. The number of hydrogen-bond acceptors (Lipinski definition) is 2. The molecule has 0 unspecified atom stereocenters. The second-order valence-electron chi connectivity index (χ2n) is 2.13. The van der Waals surface area contributed by atoms with Crippen LogP contribution in [0.4, 0.5) is 0 Å². The van der Waals surface area contributed by atoms with Crippen LogP contribution in [0.25, 0.3) is 0 Å². The van der Waals surface area contributed by atoms with Crippen molar-refractivity contribution in [3.8, 4) is 0 Å². The first-order valence-electron chi connectivity index (χ1n) is 2.73. The lowest BCUT2D eigenvalue weighted by Gasteiger charge is -2.10. The summed E-state index contributed by atoms with van der Waals surface area (Å²) in [6.45, 7) is 1.82. The van der Waals surface area contributed by atoms with E-state index >= 15 is 0 Å². The van der Waals surface area contributed by atoms with Crippen molar-refractivity contribution >= 4 is 5.91 Å². The molecule has 0 radical (unpaired) electrons. The van der Waals surface area contributed by atoms with Gasteiger partial charge in [-0.2, -0.15) is 0 Å². The van der Waals surface area contributed by atoms with E-state index in [0.29, 0.717) is 6.42 Å². The molecule has 1 fully saturated rings. The lowest BCUT2D eigenvalue weighted by molar-refractivity contribution is -0.163. The Bertz CT molecular complexity index is 113. The molecule has 1 aliphatic rings. The Balaban J connectivity index is 2.56. The molecule has 1 heterocycles. The molecule has 1 amide bonds. The lowest BCUT2D eigenvalue weighted by Crippen LogP contribution is -2.26. The average molecular weight is 115 g/mol. The molecule has 1 aliphatic heterocycles. The zero-order valence-corrected chi connectivity index (χ0v) is 4.79. The van der Waals surface area contributed by atoms with Crippen molar-refractivity contribution < 1.29 is 10.0 Å². The van der Waals surface area contributed by atoms with Crippen LogP contribution in [0.3, 0.4) is 0 Å². The molecule has 1 N–H and O–H groups in total. The molecule has 0 saturated carbocycles. The van der Waals surface area contributed by atoms with Crippen LogP contribution in [0.1, 0.15) is 19.8 Å². The third-order valence-corrected chi connectivity index (χ3v) is 1.45. The minimum absolute atomic E-state index is 0.0301. The van der Waals surface area contributed by atoms with Crippen LogP contribution in [-0.2, 0) is 4.79 Å². The van der Waals surface area contributed by atoms with Gasteiger partial charge in [0.15, 0.2) is 0 Å². The summed E-state index contributed by atoms with van der Waals surface area (Å²) in [7, 11) is 0. The molecule has 1 saturated heterocycles. The van der Waals surface area contributed by atoms with Gasteiger partial charge in [0.2, 0.25) is 5.91 Å². The Morgan fingerprint density at radius 2 is 2.50 bits per heavy atom. The van der Waals surface area contributed by atoms with Crippen molar-refractivity contribution in [2.45, 2.75) is 25.8 Å². The molecule has 0 aromatic rings. The minimum atomic E-state index is -0.155. The maximum Gasteiger partial charge on any atom is 0.246 e. The Hall–Kier alpha value is -0.570. The van der Waals surface area contributed by atoms with Gasteiger partial charge in [-0.05, 0) is 13.3 Å². The predicted octanol–water partition coefficient (Wildman–Crippen LogP) is 0.387. The molecule has 0 aromatic heterocycles. The maximum atomic E-state index is 10.5. The zero-order valence-electron chi connectivity index (χ0n) is 4.79. The number of hydroxylamine groups is 2. The summed E-state index contributed by atoms with van der Waals surface area (Å²) in [6.07, 6.45) is 1.28. The fraction of sp³-hybridized carbons (Fsp3) is 0.800. The summed E-state index contributed by atoms with van der Waals surface area (Å²) in [6, 6.07) is 0.0301. The largest absolute Gasteiger partial charge is 0.286 e. The van der Waals surface area contributed by atoms with Gasteiger partial charge in [-0.15, -0.1) is 0 Å². The van der Waals surface area contributed by atoms with Gasteiger partial charge in [0.1, 0.15) is 0 Å². The lowest BCUT2D eigenvalue weighted by atomic mass is 10.3. The molecule has 0 aromatic carbocycles. The molecule has 3 nitrogen and oxygen atoms in total. The standard InChI is InChI=1S/C5H9NO2/c1-4-2-3-5(7)6(4)8/h4,8H,2-3H2,1H3/t4-/m0/s1. The first-order valence-corrected chi connectivity index (χ1v) is 2.73. The van der Waals surface area contributed by atoms with Crippen LogP contribution in [0.15, 0.2) is 0 Å². The van der Waals surface area contributed by atoms with E-state index < -0.39 is 0 Å². The molecule has 0 aliphatic carbocycles.